The molecule has 0 radical (unpaired) electrons. The zero-order chi connectivity index (χ0) is 16.7. The highest BCUT2D eigenvalue weighted by atomic mass is 79.9. The fraction of sp³-hybridized carbons (Fsp3) is 0.389. The van der Waals surface area contributed by atoms with E-state index in [0.29, 0.717) is 19.7 Å². The number of rotatable bonds is 8. The van der Waals surface area contributed by atoms with Crippen LogP contribution in [0, 0.1) is 5.92 Å². The van der Waals surface area contributed by atoms with Crippen LogP contribution < -0.4 is 10.1 Å². The summed E-state index contributed by atoms with van der Waals surface area (Å²) in [6.07, 6.45) is 1.41. The van der Waals surface area contributed by atoms with E-state index in [-0.39, 0.29) is 12.0 Å². The molecule has 2 aromatic rings. The largest absolute Gasteiger partial charge is 0.487 e. The molecule has 1 heterocycles. The predicted octanol–water partition coefficient (Wildman–Crippen LogP) is 3.53. The normalized spacial score (nSPS) is 12.4. The molecule has 2 N–H and O–H groups in total. The summed E-state index contributed by atoms with van der Waals surface area (Å²) < 4.78 is 6.90. The lowest BCUT2D eigenvalue weighted by Gasteiger charge is -2.16. The number of nitrogens with zero attached hydrogens (tertiary/aromatic N) is 1. The minimum Gasteiger partial charge on any atom is -0.487 e. The summed E-state index contributed by atoms with van der Waals surface area (Å²) in [5.41, 5.74) is 1.94. The molecule has 124 valence electrons. The summed E-state index contributed by atoms with van der Waals surface area (Å²) in [7, 11) is 0. The van der Waals surface area contributed by atoms with Crippen molar-refractivity contribution in [2.24, 2.45) is 5.92 Å². The molecular formula is C18H23BrN2O2. The van der Waals surface area contributed by atoms with Crippen molar-refractivity contribution in [3.63, 3.8) is 0 Å². The van der Waals surface area contributed by atoms with E-state index in [2.05, 4.69) is 26.2 Å². The Morgan fingerprint density at radius 1 is 1.26 bits per heavy atom. The number of hydrogen-bond acceptors (Lipinski definition) is 4. The van der Waals surface area contributed by atoms with Crippen molar-refractivity contribution in [1.82, 2.24) is 10.3 Å². The Hall–Kier alpha value is -1.43. The Labute approximate surface area is 146 Å². The van der Waals surface area contributed by atoms with Crippen molar-refractivity contribution in [3.8, 4) is 5.75 Å². The number of nitrogens with one attached hydrogen (secondary N) is 1. The SMILES string of the molecule is CC(C)C(O)CNCc1cc(Br)ccc1OCc1ccccn1. The van der Waals surface area contributed by atoms with Gasteiger partial charge in [0.25, 0.3) is 0 Å². The third-order valence-electron chi connectivity index (χ3n) is 3.56. The second kappa shape index (κ2) is 9.01. The first-order chi connectivity index (χ1) is 11.1. The summed E-state index contributed by atoms with van der Waals surface area (Å²) in [6.45, 7) is 5.65. The topological polar surface area (TPSA) is 54.4 Å². The molecule has 1 aromatic heterocycles. The summed E-state index contributed by atoms with van der Waals surface area (Å²) >= 11 is 3.49. The molecule has 1 atom stereocenters. The van der Waals surface area contributed by atoms with E-state index < -0.39 is 0 Å². The van der Waals surface area contributed by atoms with E-state index in [0.717, 1.165) is 21.5 Å². The molecule has 0 saturated heterocycles. The number of ether oxygens (including phenoxy) is 1. The average molecular weight is 379 g/mol. The molecule has 0 aliphatic heterocycles. The number of benzene rings is 1. The maximum atomic E-state index is 9.87. The predicted molar refractivity (Wildman–Crippen MR) is 95.3 cm³/mol. The van der Waals surface area contributed by atoms with Crippen molar-refractivity contribution < 1.29 is 9.84 Å². The number of aliphatic hydroxyl groups is 1. The number of halogens is 1. The van der Waals surface area contributed by atoms with Crippen LogP contribution in [0.25, 0.3) is 0 Å². The van der Waals surface area contributed by atoms with Crippen LogP contribution >= 0.6 is 15.9 Å². The molecule has 0 amide bonds. The van der Waals surface area contributed by atoms with Crippen molar-refractivity contribution in [1.29, 1.82) is 0 Å². The van der Waals surface area contributed by atoms with E-state index in [1.54, 1.807) is 6.20 Å². The van der Waals surface area contributed by atoms with Crippen molar-refractivity contribution in [2.75, 3.05) is 6.54 Å². The first-order valence-corrected chi connectivity index (χ1v) is 8.55. The quantitative estimate of drug-likeness (QED) is 0.737. The summed E-state index contributed by atoms with van der Waals surface area (Å²) in [6, 6.07) is 11.7. The molecule has 0 saturated carbocycles. The molecule has 4 nitrogen and oxygen atoms in total. The molecule has 0 bridgehead atoms. The van der Waals surface area contributed by atoms with Crippen molar-refractivity contribution >= 4 is 15.9 Å². The molecule has 23 heavy (non-hydrogen) atoms. The molecule has 0 aliphatic rings. The molecule has 1 unspecified atom stereocenters. The smallest absolute Gasteiger partial charge is 0.130 e. The lowest BCUT2D eigenvalue weighted by molar-refractivity contribution is 0.123. The standard InChI is InChI=1S/C18H23BrN2O2/c1-13(2)17(22)11-20-10-14-9-15(19)6-7-18(14)23-12-16-5-3-4-8-21-16/h3-9,13,17,20,22H,10-12H2,1-2H3. The first kappa shape index (κ1) is 17.9. The second-order valence-electron chi connectivity index (χ2n) is 5.80. The van der Waals surface area contributed by atoms with Gasteiger partial charge in [-0.15, -0.1) is 0 Å². The maximum absolute atomic E-state index is 9.87. The van der Waals surface area contributed by atoms with Crippen molar-refractivity contribution in [3.05, 3.63) is 58.3 Å². The molecule has 0 fully saturated rings. The highest BCUT2D eigenvalue weighted by Gasteiger charge is 2.10. The molecule has 0 aliphatic carbocycles. The Balaban J connectivity index is 1.96. The van der Waals surface area contributed by atoms with E-state index in [1.165, 1.54) is 0 Å². The third-order valence-corrected chi connectivity index (χ3v) is 4.06. The minimum absolute atomic E-state index is 0.241. The van der Waals surface area contributed by atoms with Gasteiger partial charge in [0.05, 0.1) is 11.8 Å². The van der Waals surface area contributed by atoms with Crippen LogP contribution in [0.5, 0.6) is 5.75 Å². The Bertz CT molecular complexity index is 605. The molecule has 1 aromatic carbocycles. The van der Waals surface area contributed by atoms with Crippen LogP contribution in [-0.4, -0.2) is 22.7 Å². The van der Waals surface area contributed by atoms with Gasteiger partial charge in [-0.2, -0.15) is 0 Å². The fourth-order valence-electron chi connectivity index (χ4n) is 2.05. The lowest BCUT2D eigenvalue weighted by Crippen LogP contribution is -2.30. The third kappa shape index (κ3) is 5.94. The fourth-order valence-corrected chi connectivity index (χ4v) is 2.46. The van der Waals surface area contributed by atoms with Gasteiger partial charge in [-0.3, -0.25) is 4.98 Å². The number of pyridine rings is 1. The van der Waals surface area contributed by atoms with Crippen LogP contribution in [0.4, 0.5) is 0 Å². The van der Waals surface area contributed by atoms with Gasteiger partial charge in [-0.25, -0.2) is 0 Å². The zero-order valence-electron chi connectivity index (χ0n) is 13.5. The molecular weight excluding hydrogens is 356 g/mol. The van der Waals surface area contributed by atoms with E-state index in [1.807, 2.05) is 50.2 Å². The summed E-state index contributed by atoms with van der Waals surface area (Å²) in [4.78, 5) is 4.26. The molecule has 2 rings (SSSR count). The zero-order valence-corrected chi connectivity index (χ0v) is 15.1. The van der Waals surface area contributed by atoms with Gasteiger partial charge < -0.3 is 15.2 Å². The van der Waals surface area contributed by atoms with Gasteiger partial charge in [-0.05, 0) is 36.2 Å². The van der Waals surface area contributed by atoms with E-state index in [4.69, 9.17) is 4.74 Å². The van der Waals surface area contributed by atoms with Crippen LogP contribution in [0.15, 0.2) is 47.1 Å². The van der Waals surface area contributed by atoms with Gasteiger partial charge in [0, 0.05) is 29.3 Å². The molecule has 5 heteroatoms. The van der Waals surface area contributed by atoms with Crippen LogP contribution in [0.3, 0.4) is 0 Å². The van der Waals surface area contributed by atoms with Gasteiger partial charge >= 0.3 is 0 Å². The van der Waals surface area contributed by atoms with Crippen LogP contribution in [0.2, 0.25) is 0 Å². The summed E-state index contributed by atoms with van der Waals surface area (Å²) in [5, 5.41) is 13.2. The van der Waals surface area contributed by atoms with Crippen LogP contribution in [0.1, 0.15) is 25.1 Å². The van der Waals surface area contributed by atoms with Gasteiger partial charge in [0.15, 0.2) is 0 Å². The lowest BCUT2D eigenvalue weighted by atomic mass is 10.1. The molecule has 0 spiro atoms. The highest BCUT2D eigenvalue weighted by molar-refractivity contribution is 9.10. The Morgan fingerprint density at radius 3 is 2.78 bits per heavy atom. The Morgan fingerprint density at radius 2 is 2.09 bits per heavy atom. The highest BCUT2D eigenvalue weighted by Crippen LogP contribution is 2.24. The minimum atomic E-state index is -0.347. The van der Waals surface area contributed by atoms with Crippen LogP contribution in [-0.2, 0) is 13.2 Å². The second-order valence-corrected chi connectivity index (χ2v) is 6.72. The number of hydrogen-bond donors (Lipinski definition) is 2. The monoisotopic (exact) mass is 378 g/mol. The van der Waals surface area contributed by atoms with Gasteiger partial charge in [0.2, 0.25) is 0 Å². The van der Waals surface area contributed by atoms with Gasteiger partial charge in [-0.1, -0.05) is 35.8 Å². The van der Waals surface area contributed by atoms with Gasteiger partial charge in [0.1, 0.15) is 12.4 Å². The first-order valence-electron chi connectivity index (χ1n) is 7.76. The number of aromatic nitrogens is 1. The van der Waals surface area contributed by atoms with E-state index in [9.17, 15) is 5.11 Å². The number of aliphatic hydroxyl groups excluding tert-OH is 1. The average Bonchev–Trinajstić information content (AvgIpc) is 2.55. The summed E-state index contributed by atoms with van der Waals surface area (Å²) in [5.74, 6) is 1.07. The van der Waals surface area contributed by atoms with E-state index >= 15 is 0 Å². The van der Waals surface area contributed by atoms with Crippen molar-refractivity contribution in [2.45, 2.75) is 33.1 Å². The Kier molecular flexibility index (Phi) is 7.02. The maximum Gasteiger partial charge on any atom is 0.130 e.